The fourth-order valence-electron chi connectivity index (χ4n) is 7.00. The van der Waals surface area contributed by atoms with Crippen LogP contribution in [0.2, 0.25) is 5.02 Å². The maximum atomic E-state index is 14.1. The molecule has 5 rings (SSSR count). The van der Waals surface area contributed by atoms with Gasteiger partial charge >= 0.3 is 5.97 Å². The first-order valence-electron chi connectivity index (χ1n) is 18.3. The van der Waals surface area contributed by atoms with Crippen LogP contribution in [-0.4, -0.2) is 61.1 Å². The molecule has 2 aromatic rings. The average Bonchev–Trinajstić information content (AvgIpc) is 4.04. The number of hydrogen-bond acceptors (Lipinski definition) is 8. The maximum absolute atomic E-state index is 14.1. The van der Waals surface area contributed by atoms with Crippen LogP contribution in [0.1, 0.15) is 83.1 Å². The molecular weight excluding hydrogens is 684 g/mol. The van der Waals surface area contributed by atoms with E-state index in [2.05, 4.69) is 16.0 Å². The average molecular weight is 737 g/mol. The highest BCUT2D eigenvalue weighted by atomic mass is 35.5. The summed E-state index contributed by atoms with van der Waals surface area (Å²) < 4.78 is 17.6. The number of carbonyl (C=O) groups is 4. The monoisotopic (exact) mass is 736 g/mol. The number of halogens is 1. The Bertz CT molecular complexity index is 1640. The van der Waals surface area contributed by atoms with Gasteiger partial charge in [0.05, 0.1) is 23.7 Å². The molecular formula is C40H53ClN4O7. The molecule has 1 saturated heterocycles. The molecule has 2 heterocycles. The van der Waals surface area contributed by atoms with Crippen molar-refractivity contribution in [1.29, 1.82) is 0 Å². The summed E-state index contributed by atoms with van der Waals surface area (Å²) in [7, 11) is 1.52. The second-order valence-corrected chi connectivity index (χ2v) is 15.8. The third kappa shape index (κ3) is 9.73. The number of benzene rings is 2. The van der Waals surface area contributed by atoms with Gasteiger partial charge in [0.25, 0.3) is 0 Å². The van der Waals surface area contributed by atoms with Crippen LogP contribution in [0.15, 0.2) is 54.6 Å². The molecule has 5 N–H and O–H groups in total. The van der Waals surface area contributed by atoms with Crippen molar-refractivity contribution < 1.29 is 33.4 Å². The number of hydrogen-bond donors (Lipinski definition) is 4. The van der Waals surface area contributed by atoms with Crippen molar-refractivity contribution in [2.75, 3.05) is 7.11 Å². The molecule has 1 aliphatic carbocycles. The van der Waals surface area contributed by atoms with Gasteiger partial charge in [0.15, 0.2) is 0 Å². The lowest BCUT2D eigenvalue weighted by Crippen LogP contribution is -2.59. The molecule has 7 atom stereocenters. The van der Waals surface area contributed by atoms with Gasteiger partial charge < -0.3 is 35.9 Å². The number of ether oxygens (including phenoxy) is 3. The molecule has 282 valence electrons. The predicted octanol–water partition coefficient (Wildman–Crippen LogP) is 4.93. The second-order valence-electron chi connectivity index (χ2n) is 15.4. The van der Waals surface area contributed by atoms with Crippen LogP contribution in [-0.2, 0) is 41.6 Å². The first-order chi connectivity index (χ1) is 24.7. The Morgan fingerprint density at radius 2 is 1.65 bits per heavy atom. The van der Waals surface area contributed by atoms with Gasteiger partial charge in [0, 0.05) is 31.3 Å². The molecule has 2 fully saturated rings. The SMILES string of the molecule is COc1ccc(C[C@H]2NC(=O)/C=C\C[C@@H]([C@H](C)C3OC3c3ccc(CN)cc3)OC(=O)[C@H](CC(C)C)NC(=O)C(C)(C)C(C3CC3)NC2=O)cc1Cl. The normalized spacial score (nSPS) is 28.2. The molecule has 0 bridgehead atoms. The van der Waals surface area contributed by atoms with Gasteiger partial charge in [-0.1, -0.05) is 68.8 Å². The van der Waals surface area contributed by atoms with Gasteiger partial charge in [-0.05, 0) is 79.8 Å². The molecule has 0 radical (unpaired) electrons. The van der Waals surface area contributed by atoms with Crippen LogP contribution in [0, 0.1) is 23.2 Å². The van der Waals surface area contributed by atoms with Crippen molar-refractivity contribution in [2.45, 2.75) is 110 Å². The smallest absolute Gasteiger partial charge is 0.328 e. The standard InChI is InChI=1S/C40H53ClN4O7/c1-22(2)18-30-38(48)51-31(23(3)34-35(52-34)26-13-10-24(21-42)11-14-26)8-7-9-33(46)43-29(20-25-12-17-32(50-6)28(41)19-25)37(47)45-36(27-15-16-27)40(4,5)39(49)44-30/h7,9-14,17,19,22-23,27,29-31,34-36H,8,15-16,18,20-21,42H2,1-6H3,(H,43,46)(H,44,49)(H,45,47)/b9-7-/t23-,29+,30-,31-,34?,35?,36?/m0/s1. The molecule has 1 saturated carbocycles. The Morgan fingerprint density at radius 1 is 0.962 bits per heavy atom. The molecule has 3 aliphatic rings. The summed E-state index contributed by atoms with van der Waals surface area (Å²) >= 11 is 6.40. The minimum Gasteiger partial charge on any atom is -0.495 e. The zero-order chi connectivity index (χ0) is 37.7. The van der Waals surface area contributed by atoms with Crippen molar-refractivity contribution in [3.63, 3.8) is 0 Å². The van der Waals surface area contributed by atoms with Crippen molar-refractivity contribution in [1.82, 2.24) is 16.0 Å². The quantitative estimate of drug-likeness (QED) is 0.197. The molecule has 0 aromatic heterocycles. The van der Waals surface area contributed by atoms with Crippen molar-refractivity contribution in [2.24, 2.45) is 28.9 Å². The first kappa shape index (κ1) is 39.3. The van der Waals surface area contributed by atoms with Crippen molar-refractivity contribution >= 4 is 35.3 Å². The molecule has 52 heavy (non-hydrogen) atoms. The van der Waals surface area contributed by atoms with E-state index >= 15 is 0 Å². The van der Waals surface area contributed by atoms with Gasteiger partial charge in [-0.25, -0.2) is 4.79 Å². The third-order valence-corrected chi connectivity index (χ3v) is 10.7. The van der Waals surface area contributed by atoms with E-state index in [0.29, 0.717) is 23.7 Å². The molecule has 11 nitrogen and oxygen atoms in total. The summed E-state index contributed by atoms with van der Waals surface area (Å²) in [5.74, 6) is -1.43. The van der Waals surface area contributed by atoms with Crippen molar-refractivity contribution in [3.8, 4) is 5.75 Å². The van der Waals surface area contributed by atoms with E-state index in [-0.39, 0.29) is 48.7 Å². The number of rotatable bonds is 10. The van der Waals surface area contributed by atoms with E-state index in [9.17, 15) is 19.2 Å². The fourth-order valence-corrected chi connectivity index (χ4v) is 7.28. The number of nitrogens with two attached hydrogens (primary N) is 1. The molecule has 3 amide bonds. The van der Waals surface area contributed by atoms with Crippen LogP contribution in [0.4, 0.5) is 0 Å². The summed E-state index contributed by atoms with van der Waals surface area (Å²) in [6, 6.07) is 10.7. The summed E-state index contributed by atoms with van der Waals surface area (Å²) in [6.07, 6.45) is 4.36. The number of carbonyl (C=O) groups excluding carboxylic acids is 4. The Labute approximate surface area is 311 Å². The van der Waals surface area contributed by atoms with Crippen LogP contribution in [0.25, 0.3) is 0 Å². The predicted molar refractivity (Wildman–Crippen MR) is 198 cm³/mol. The zero-order valence-corrected chi connectivity index (χ0v) is 31.7. The van der Waals surface area contributed by atoms with E-state index in [4.69, 9.17) is 31.5 Å². The number of epoxide rings is 1. The zero-order valence-electron chi connectivity index (χ0n) is 30.9. The molecule has 2 aromatic carbocycles. The van der Waals surface area contributed by atoms with Gasteiger partial charge in [0.2, 0.25) is 17.7 Å². The van der Waals surface area contributed by atoms with Crippen LogP contribution < -0.4 is 26.4 Å². The number of cyclic esters (lactones) is 1. The maximum Gasteiger partial charge on any atom is 0.328 e. The Hall–Kier alpha value is -3.93. The minimum absolute atomic E-state index is 0.0639. The van der Waals surface area contributed by atoms with Crippen molar-refractivity contribution in [3.05, 3.63) is 76.3 Å². The molecule has 3 unspecified atom stereocenters. The Morgan fingerprint density at radius 3 is 2.27 bits per heavy atom. The van der Waals surface area contributed by atoms with E-state index in [0.717, 1.165) is 29.5 Å². The summed E-state index contributed by atoms with van der Waals surface area (Å²) in [5, 5.41) is 9.36. The number of esters is 1. The lowest BCUT2D eigenvalue weighted by Gasteiger charge is -2.36. The third-order valence-electron chi connectivity index (χ3n) is 10.4. The molecule has 2 aliphatic heterocycles. The summed E-state index contributed by atoms with van der Waals surface area (Å²) in [6.45, 7) is 9.92. The summed E-state index contributed by atoms with van der Waals surface area (Å²) in [4.78, 5) is 55.5. The highest BCUT2D eigenvalue weighted by Gasteiger charge is 2.49. The minimum atomic E-state index is -1.09. The topological polar surface area (TPSA) is 161 Å². The first-order valence-corrected chi connectivity index (χ1v) is 18.6. The molecule has 12 heteroatoms. The number of nitrogens with one attached hydrogen (secondary N) is 3. The Balaban J connectivity index is 1.44. The van der Waals surface area contributed by atoms with Gasteiger partial charge in [-0.2, -0.15) is 0 Å². The van der Waals surface area contributed by atoms with Gasteiger partial charge in [-0.3, -0.25) is 14.4 Å². The van der Waals surface area contributed by atoms with Crippen LogP contribution in [0.5, 0.6) is 5.75 Å². The lowest BCUT2D eigenvalue weighted by molar-refractivity contribution is -0.157. The largest absolute Gasteiger partial charge is 0.495 e. The van der Waals surface area contributed by atoms with Crippen LogP contribution in [0.3, 0.4) is 0 Å². The molecule has 0 spiro atoms. The number of amides is 3. The number of methoxy groups -OCH3 is 1. The lowest BCUT2D eigenvalue weighted by atomic mass is 9.80. The van der Waals surface area contributed by atoms with E-state index in [1.54, 1.807) is 38.1 Å². The summed E-state index contributed by atoms with van der Waals surface area (Å²) in [5.41, 5.74) is 7.42. The highest BCUT2D eigenvalue weighted by molar-refractivity contribution is 6.32. The fraction of sp³-hybridized carbons (Fsp3) is 0.550. The Kier molecular flexibility index (Phi) is 12.7. The highest BCUT2D eigenvalue weighted by Crippen LogP contribution is 2.45. The van der Waals surface area contributed by atoms with Crippen LogP contribution >= 0.6 is 11.6 Å². The van der Waals surface area contributed by atoms with E-state index < -0.39 is 47.4 Å². The van der Waals surface area contributed by atoms with Gasteiger partial charge in [-0.15, -0.1) is 0 Å². The van der Waals surface area contributed by atoms with E-state index in [1.165, 1.54) is 13.2 Å². The van der Waals surface area contributed by atoms with E-state index in [1.807, 2.05) is 45.0 Å². The second kappa shape index (κ2) is 16.8. The van der Waals surface area contributed by atoms with Gasteiger partial charge in [0.1, 0.15) is 30.0 Å².